The Balaban J connectivity index is 1.84. The number of ether oxygens (including phenoxy) is 1. The highest BCUT2D eigenvalue weighted by Gasteiger charge is 2.17. The van der Waals surface area contributed by atoms with Crippen LogP contribution in [0.25, 0.3) is 0 Å². The molecule has 1 aromatic carbocycles. The molecule has 0 aliphatic carbocycles. The predicted molar refractivity (Wildman–Crippen MR) is 91.4 cm³/mol. The van der Waals surface area contributed by atoms with Crippen LogP contribution in [0.3, 0.4) is 0 Å². The number of morpholine rings is 1. The van der Waals surface area contributed by atoms with E-state index in [1.54, 1.807) is 18.3 Å². The zero-order valence-electron chi connectivity index (χ0n) is 12.9. The molecule has 0 atom stereocenters. The molecule has 1 aliphatic heterocycles. The molecule has 23 heavy (non-hydrogen) atoms. The number of benzene rings is 1. The van der Waals surface area contributed by atoms with E-state index in [0.717, 1.165) is 24.5 Å². The number of aromatic nitrogens is 1. The van der Waals surface area contributed by atoms with Crippen LogP contribution in [0, 0.1) is 6.92 Å². The molecule has 0 bridgehead atoms. The monoisotopic (exact) mass is 331 g/mol. The first-order valence-corrected chi connectivity index (χ1v) is 7.87. The van der Waals surface area contributed by atoms with Gasteiger partial charge in [0.15, 0.2) is 0 Å². The van der Waals surface area contributed by atoms with Crippen molar-refractivity contribution in [3.8, 4) is 0 Å². The Hall–Kier alpha value is -2.11. The lowest BCUT2D eigenvalue weighted by molar-refractivity contribution is 0.102. The average Bonchev–Trinajstić information content (AvgIpc) is 2.56. The van der Waals surface area contributed by atoms with E-state index in [2.05, 4.69) is 15.2 Å². The molecule has 5 nitrogen and oxygen atoms in total. The third-order valence-corrected chi connectivity index (χ3v) is 3.97. The second kappa shape index (κ2) is 6.98. The summed E-state index contributed by atoms with van der Waals surface area (Å²) < 4.78 is 5.38. The summed E-state index contributed by atoms with van der Waals surface area (Å²) in [6, 6.07) is 9.10. The molecule has 0 spiro atoms. The first kappa shape index (κ1) is 15.8. The first-order chi connectivity index (χ1) is 11.1. The topological polar surface area (TPSA) is 54.5 Å². The number of hydrogen-bond donors (Lipinski definition) is 1. The van der Waals surface area contributed by atoms with Gasteiger partial charge in [-0.15, -0.1) is 0 Å². The maximum atomic E-state index is 12.4. The second-order valence-electron chi connectivity index (χ2n) is 5.40. The van der Waals surface area contributed by atoms with Crippen molar-refractivity contribution in [2.75, 3.05) is 36.5 Å². The van der Waals surface area contributed by atoms with Gasteiger partial charge in [0.05, 0.1) is 30.2 Å². The lowest BCUT2D eigenvalue weighted by Gasteiger charge is -2.30. The first-order valence-electron chi connectivity index (χ1n) is 7.50. The number of hydrogen-bond acceptors (Lipinski definition) is 4. The van der Waals surface area contributed by atoms with Crippen LogP contribution in [-0.2, 0) is 4.74 Å². The van der Waals surface area contributed by atoms with E-state index in [4.69, 9.17) is 16.3 Å². The van der Waals surface area contributed by atoms with Gasteiger partial charge in [-0.05, 0) is 37.3 Å². The summed E-state index contributed by atoms with van der Waals surface area (Å²) in [4.78, 5) is 18.8. The molecule has 1 N–H and O–H groups in total. The van der Waals surface area contributed by atoms with Crippen LogP contribution in [0.5, 0.6) is 0 Å². The van der Waals surface area contributed by atoms with E-state index >= 15 is 0 Å². The molecule has 1 aliphatic rings. The fourth-order valence-electron chi connectivity index (χ4n) is 2.48. The fourth-order valence-corrected chi connectivity index (χ4v) is 2.66. The molecular weight excluding hydrogens is 314 g/mol. The van der Waals surface area contributed by atoms with Crippen LogP contribution in [0.15, 0.2) is 36.5 Å². The van der Waals surface area contributed by atoms with E-state index in [1.165, 1.54) is 0 Å². The van der Waals surface area contributed by atoms with Gasteiger partial charge < -0.3 is 15.0 Å². The molecule has 6 heteroatoms. The van der Waals surface area contributed by atoms with Gasteiger partial charge in [0.25, 0.3) is 5.91 Å². The molecule has 1 amide bonds. The molecule has 2 heterocycles. The van der Waals surface area contributed by atoms with Crippen molar-refractivity contribution in [2.24, 2.45) is 0 Å². The van der Waals surface area contributed by atoms with Gasteiger partial charge in [-0.3, -0.25) is 9.78 Å². The van der Waals surface area contributed by atoms with E-state index < -0.39 is 0 Å². The van der Waals surface area contributed by atoms with Crippen molar-refractivity contribution >= 4 is 28.9 Å². The highest BCUT2D eigenvalue weighted by molar-refractivity contribution is 6.31. The maximum absolute atomic E-state index is 12.4. The van der Waals surface area contributed by atoms with Crippen molar-refractivity contribution in [3.63, 3.8) is 0 Å². The fraction of sp³-hybridized carbons (Fsp3) is 0.294. The number of carbonyl (C=O) groups excluding carboxylic acids is 1. The van der Waals surface area contributed by atoms with Crippen molar-refractivity contribution in [1.29, 1.82) is 0 Å². The third-order valence-electron chi connectivity index (χ3n) is 3.73. The minimum atomic E-state index is -0.200. The number of pyridine rings is 1. The minimum absolute atomic E-state index is 0.200. The van der Waals surface area contributed by atoms with E-state index in [-0.39, 0.29) is 5.91 Å². The van der Waals surface area contributed by atoms with Crippen LogP contribution in [0.2, 0.25) is 5.02 Å². The second-order valence-corrected chi connectivity index (χ2v) is 5.84. The number of amides is 1. The van der Waals surface area contributed by atoms with Crippen LogP contribution >= 0.6 is 11.6 Å². The van der Waals surface area contributed by atoms with Crippen molar-refractivity contribution < 1.29 is 9.53 Å². The average molecular weight is 332 g/mol. The zero-order valence-corrected chi connectivity index (χ0v) is 13.6. The summed E-state index contributed by atoms with van der Waals surface area (Å²) in [5.74, 6) is -0.200. The molecule has 0 saturated carbocycles. The maximum Gasteiger partial charge on any atom is 0.257 e. The van der Waals surface area contributed by atoms with Crippen LogP contribution < -0.4 is 10.2 Å². The van der Waals surface area contributed by atoms with Crippen molar-refractivity contribution in [3.05, 3.63) is 52.8 Å². The van der Waals surface area contributed by atoms with Crippen molar-refractivity contribution in [2.45, 2.75) is 6.92 Å². The van der Waals surface area contributed by atoms with Crippen LogP contribution in [0.1, 0.15) is 16.1 Å². The molecule has 120 valence electrons. The highest BCUT2D eigenvalue weighted by Crippen LogP contribution is 2.30. The smallest absolute Gasteiger partial charge is 0.257 e. The van der Waals surface area contributed by atoms with Crippen LogP contribution in [-0.4, -0.2) is 37.2 Å². The molecule has 0 unspecified atom stereocenters. The Labute approximate surface area is 140 Å². The standard InChI is InChI=1S/C17H18ClN3O2/c1-12-2-3-13(11-19-12)17(22)20-15-10-14(18)4-5-16(15)21-6-8-23-9-7-21/h2-5,10-11H,6-9H2,1H3,(H,20,22). The third kappa shape index (κ3) is 3.81. The van der Waals surface area contributed by atoms with E-state index in [9.17, 15) is 4.79 Å². The molecule has 2 aromatic rings. The molecule has 1 saturated heterocycles. The van der Waals surface area contributed by atoms with Gasteiger partial charge in [0, 0.05) is 30.0 Å². The summed E-state index contributed by atoms with van der Waals surface area (Å²) in [5, 5.41) is 3.52. The van der Waals surface area contributed by atoms with Gasteiger partial charge in [0.1, 0.15) is 0 Å². The van der Waals surface area contributed by atoms with Gasteiger partial charge in [-0.2, -0.15) is 0 Å². The lowest BCUT2D eigenvalue weighted by Crippen LogP contribution is -2.36. The number of anilines is 2. The zero-order chi connectivity index (χ0) is 16.2. The Morgan fingerprint density at radius 2 is 2.04 bits per heavy atom. The SMILES string of the molecule is Cc1ccc(C(=O)Nc2cc(Cl)ccc2N2CCOCC2)cn1. The van der Waals surface area contributed by atoms with Crippen molar-refractivity contribution in [1.82, 2.24) is 4.98 Å². The van der Waals surface area contributed by atoms with Gasteiger partial charge in [0.2, 0.25) is 0 Å². The van der Waals surface area contributed by atoms with Gasteiger partial charge in [-0.25, -0.2) is 0 Å². The Morgan fingerprint density at radius 1 is 1.26 bits per heavy atom. The van der Waals surface area contributed by atoms with Gasteiger partial charge in [-0.1, -0.05) is 11.6 Å². The predicted octanol–water partition coefficient (Wildman–Crippen LogP) is 3.13. The van der Waals surface area contributed by atoms with E-state index in [0.29, 0.717) is 29.5 Å². The number of rotatable bonds is 3. The Morgan fingerprint density at radius 3 is 2.74 bits per heavy atom. The molecule has 3 rings (SSSR count). The summed E-state index contributed by atoms with van der Waals surface area (Å²) in [6.45, 7) is 4.82. The Kier molecular flexibility index (Phi) is 4.79. The summed E-state index contributed by atoms with van der Waals surface area (Å²) in [5.41, 5.74) is 3.04. The summed E-state index contributed by atoms with van der Waals surface area (Å²) >= 11 is 6.10. The summed E-state index contributed by atoms with van der Waals surface area (Å²) in [7, 11) is 0. The van der Waals surface area contributed by atoms with Gasteiger partial charge >= 0.3 is 0 Å². The molecule has 1 aromatic heterocycles. The lowest BCUT2D eigenvalue weighted by atomic mass is 10.2. The number of nitrogens with zero attached hydrogens (tertiary/aromatic N) is 2. The normalized spacial score (nSPS) is 14.6. The molecule has 1 fully saturated rings. The van der Waals surface area contributed by atoms with E-state index in [1.807, 2.05) is 25.1 Å². The quantitative estimate of drug-likeness (QED) is 0.938. The van der Waals surface area contributed by atoms with Crippen LogP contribution in [0.4, 0.5) is 11.4 Å². The number of aryl methyl sites for hydroxylation is 1. The number of carbonyl (C=O) groups is 1. The number of halogens is 1. The minimum Gasteiger partial charge on any atom is -0.378 e. The molecular formula is C17H18ClN3O2. The Bertz CT molecular complexity index is 697. The largest absolute Gasteiger partial charge is 0.378 e. The molecule has 0 radical (unpaired) electrons. The summed E-state index contributed by atoms with van der Waals surface area (Å²) in [6.07, 6.45) is 1.57. The highest BCUT2D eigenvalue weighted by atomic mass is 35.5. The number of nitrogens with one attached hydrogen (secondary N) is 1.